The summed E-state index contributed by atoms with van der Waals surface area (Å²) in [6.45, 7) is 0. The lowest BCUT2D eigenvalue weighted by Gasteiger charge is -2.44. The molecule has 3 atom stereocenters. The molecule has 0 radical (unpaired) electrons. The first-order valence-corrected chi connectivity index (χ1v) is 12.8. The SMILES string of the molecule is NC(=O)C(=O)c1cn([C@H]2C[C@H]3CC[C@@H](C2)N3C2CCCCCCCCC2)c2ccccc12. The summed E-state index contributed by atoms with van der Waals surface area (Å²) < 4.78 is 2.28. The molecule has 3 aliphatic rings. The van der Waals surface area contributed by atoms with Gasteiger partial charge in [-0.2, -0.15) is 0 Å². The fourth-order valence-corrected chi connectivity index (χ4v) is 6.91. The van der Waals surface area contributed by atoms with Crippen LogP contribution < -0.4 is 5.73 Å². The Hall–Kier alpha value is -2.14. The number of hydrogen-bond donors (Lipinski definition) is 1. The fourth-order valence-electron chi connectivity index (χ4n) is 6.91. The third-order valence-electron chi connectivity index (χ3n) is 8.36. The van der Waals surface area contributed by atoms with Crippen LogP contribution in [0.5, 0.6) is 0 Å². The van der Waals surface area contributed by atoms with Crippen molar-refractivity contribution in [3.8, 4) is 0 Å². The van der Waals surface area contributed by atoms with Crippen LogP contribution in [-0.2, 0) is 4.79 Å². The van der Waals surface area contributed by atoms with Crippen molar-refractivity contribution < 1.29 is 9.59 Å². The number of nitrogens with two attached hydrogens (primary N) is 1. The van der Waals surface area contributed by atoms with E-state index in [1.807, 2.05) is 24.4 Å². The van der Waals surface area contributed by atoms with Gasteiger partial charge in [-0.15, -0.1) is 0 Å². The minimum atomic E-state index is -0.876. The molecule has 1 saturated carbocycles. The fraction of sp³-hybridized carbons (Fsp3) is 0.630. The molecule has 2 N–H and O–H groups in total. The molecular weight excluding hydrogens is 398 g/mol. The van der Waals surface area contributed by atoms with E-state index in [2.05, 4.69) is 15.5 Å². The molecule has 3 heterocycles. The standard InChI is InChI=1S/C27H37N3O2/c28-27(32)26(31)24-18-29(25-13-9-8-12-23(24)25)22-16-20-14-15-21(17-22)30(20)19-10-6-4-2-1-3-5-7-11-19/h8-9,12-13,18-22H,1-7,10-11,14-17H2,(H2,28,32)/t20-,21+,22+. The van der Waals surface area contributed by atoms with Crippen LogP contribution in [0, 0.1) is 0 Å². The molecule has 0 spiro atoms. The molecule has 5 nitrogen and oxygen atoms in total. The summed E-state index contributed by atoms with van der Waals surface area (Å²) in [5, 5.41) is 0.846. The summed E-state index contributed by atoms with van der Waals surface area (Å²) in [6, 6.07) is 10.4. The molecule has 2 saturated heterocycles. The summed E-state index contributed by atoms with van der Waals surface area (Å²) in [6.07, 6.45) is 19.3. The van der Waals surface area contributed by atoms with Crippen molar-refractivity contribution in [2.24, 2.45) is 5.73 Å². The quantitative estimate of drug-likeness (QED) is 0.518. The second-order valence-corrected chi connectivity index (χ2v) is 10.3. The normalized spacial score (nSPS) is 28.1. The van der Waals surface area contributed by atoms with E-state index >= 15 is 0 Å². The topological polar surface area (TPSA) is 68.3 Å². The number of para-hydroxylation sites is 1. The lowest BCUT2D eigenvalue weighted by atomic mass is 9.90. The zero-order valence-corrected chi connectivity index (χ0v) is 19.2. The molecule has 0 unspecified atom stereocenters. The molecule has 2 aliphatic heterocycles. The Labute approximate surface area is 191 Å². The first-order valence-electron chi connectivity index (χ1n) is 12.8. The van der Waals surface area contributed by atoms with Crippen molar-refractivity contribution in [1.29, 1.82) is 0 Å². The van der Waals surface area contributed by atoms with Crippen LogP contribution in [0.2, 0.25) is 0 Å². The molecule has 1 aliphatic carbocycles. The van der Waals surface area contributed by atoms with Crippen LogP contribution in [-0.4, -0.2) is 39.3 Å². The molecule has 5 rings (SSSR count). The summed E-state index contributed by atoms with van der Waals surface area (Å²) in [4.78, 5) is 27.0. The van der Waals surface area contributed by atoms with E-state index in [-0.39, 0.29) is 0 Å². The van der Waals surface area contributed by atoms with Gasteiger partial charge >= 0.3 is 0 Å². The van der Waals surface area contributed by atoms with E-state index < -0.39 is 11.7 Å². The molecule has 2 bridgehead atoms. The second kappa shape index (κ2) is 9.38. The van der Waals surface area contributed by atoms with Gasteiger partial charge in [0.2, 0.25) is 0 Å². The van der Waals surface area contributed by atoms with Gasteiger partial charge in [-0.3, -0.25) is 14.5 Å². The highest BCUT2D eigenvalue weighted by atomic mass is 16.2. The van der Waals surface area contributed by atoms with Gasteiger partial charge in [0.05, 0.1) is 5.56 Å². The number of Topliss-reactive ketones (excluding diaryl/α,β-unsaturated/α-hetero) is 1. The maximum Gasteiger partial charge on any atom is 0.289 e. The zero-order valence-electron chi connectivity index (χ0n) is 19.2. The minimum Gasteiger partial charge on any atom is -0.363 e. The van der Waals surface area contributed by atoms with Crippen LogP contribution in [0.15, 0.2) is 30.5 Å². The number of ketones is 1. The third-order valence-corrected chi connectivity index (χ3v) is 8.36. The average Bonchev–Trinajstić information content (AvgIpc) is 3.31. The highest BCUT2D eigenvalue weighted by Crippen LogP contribution is 2.45. The monoisotopic (exact) mass is 435 g/mol. The predicted molar refractivity (Wildman–Crippen MR) is 128 cm³/mol. The van der Waals surface area contributed by atoms with E-state index in [4.69, 9.17) is 5.73 Å². The Morgan fingerprint density at radius 2 is 1.34 bits per heavy atom. The zero-order chi connectivity index (χ0) is 22.1. The van der Waals surface area contributed by atoms with Gasteiger partial charge in [0.25, 0.3) is 11.7 Å². The molecular formula is C27H37N3O2. The van der Waals surface area contributed by atoms with E-state index in [9.17, 15) is 9.59 Å². The van der Waals surface area contributed by atoms with E-state index in [0.29, 0.717) is 23.7 Å². The van der Waals surface area contributed by atoms with E-state index in [1.54, 1.807) is 0 Å². The van der Waals surface area contributed by atoms with Gasteiger partial charge in [0, 0.05) is 41.3 Å². The molecule has 1 aromatic heterocycles. The Bertz CT molecular complexity index is 956. The predicted octanol–water partition coefficient (Wildman–Crippen LogP) is 5.37. The number of aromatic nitrogens is 1. The van der Waals surface area contributed by atoms with E-state index in [1.165, 1.54) is 70.6 Å². The first-order chi connectivity index (χ1) is 15.6. The Kier molecular flexibility index (Phi) is 6.36. The number of nitrogens with zero attached hydrogens (tertiary/aromatic N) is 2. The molecule has 172 valence electrons. The molecule has 1 amide bonds. The van der Waals surface area contributed by atoms with Crippen LogP contribution >= 0.6 is 0 Å². The molecule has 2 aromatic rings. The molecule has 32 heavy (non-hydrogen) atoms. The Morgan fingerprint density at radius 3 is 1.97 bits per heavy atom. The summed E-state index contributed by atoms with van der Waals surface area (Å²) in [5.74, 6) is -1.46. The van der Waals surface area contributed by atoms with Crippen molar-refractivity contribution in [2.45, 2.75) is 108 Å². The number of fused-ring (bicyclic) bond motifs is 3. The maximum absolute atomic E-state index is 12.5. The lowest BCUT2D eigenvalue weighted by molar-refractivity contribution is -0.114. The number of carbonyl (C=O) groups excluding carboxylic acids is 2. The van der Waals surface area contributed by atoms with Gasteiger partial charge in [-0.05, 0) is 44.6 Å². The number of piperidine rings is 1. The van der Waals surface area contributed by atoms with Crippen molar-refractivity contribution in [3.05, 3.63) is 36.0 Å². The largest absolute Gasteiger partial charge is 0.363 e. The van der Waals surface area contributed by atoms with Crippen molar-refractivity contribution in [1.82, 2.24) is 9.47 Å². The highest BCUT2D eigenvalue weighted by Gasteiger charge is 2.44. The third kappa shape index (κ3) is 4.12. The minimum absolute atomic E-state index is 0.377. The molecule has 1 aromatic carbocycles. The van der Waals surface area contributed by atoms with E-state index in [0.717, 1.165) is 29.8 Å². The second-order valence-electron chi connectivity index (χ2n) is 10.3. The van der Waals surface area contributed by atoms with Gasteiger partial charge in [-0.1, -0.05) is 63.1 Å². The van der Waals surface area contributed by atoms with Crippen LogP contribution in [0.1, 0.15) is 99.9 Å². The Morgan fingerprint density at radius 1 is 0.750 bits per heavy atom. The summed E-state index contributed by atoms with van der Waals surface area (Å²) in [7, 11) is 0. The van der Waals surface area contributed by atoms with Gasteiger partial charge in [0.1, 0.15) is 0 Å². The van der Waals surface area contributed by atoms with Crippen molar-refractivity contribution in [2.75, 3.05) is 0 Å². The summed E-state index contributed by atoms with van der Waals surface area (Å²) in [5.41, 5.74) is 6.85. The number of rotatable bonds is 4. The number of amides is 1. The first kappa shape index (κ1) is 21.7. The van der Waals surface area contributed by atoms with Gasteiger partial charge in [-0.25, -0.2) is 0 Å². The van der Waals surface area contributed by atoms with Crippen LogP contribution in [0.4, 0.5) is 0 Å². The molecule has 3 fully saturated rings. The van der Waals surface area contributed by atoms with Gasteiger partial charge < -0.3 is 10.3 Å². The van der Waals surface area contributed by atoms with Crippen molar-refractivity contribution >= 4 is 22.6 Å². The summed E-state index contributed by atoms with van der Waals surface area (Å²) >= 11 is 0. The number of primary amides is 1. The molecule has 5 heteroatoms. The van der Waals surface area contributed by atoms with Gasteiger partial charge in [0.15, 0.2) is 0 Å². The van der Waals surface area contributed by atoms with Crippen molar-refractivity contribution in [3.63, 3.8) is 0 Å². The number of hydrogen-bond acceptors (Lipinski definition) is 3. The van der Waals surface area contributed by atoms with Crippen LogP contribution in [0.3, 0.4) is 0 Å². The maximum atomic E-state index is 12.5. The average molecular weight is 436 g/mol. The smallest absolute Gasteiger partial charge is 0.289 e. The highest BCUT2D eigenvalue weighted by molar-refractivity contribution is 6.44. The lowest BCUT2D eigenvalue weighted by Crippen LogP contribution is -2.49. The number of benzene rings is 1. The number of carbonyl (C=O) groups is 2. The Balaban J connectivity index is 1.38. The van der Waals surface area contributed by atoms with Crippen LogP contribution in [0.25, 0.3) is 10.9 Å².